The van der Waals surface area contributed by atoms with Gasteiger partial charge in [0.2, 0.25) is 5.91 Å². The number of rotatable bonds is 9. The molecule has 0 bridgehead atoms. The molecule has 1 aromatic heterocycles. The molecule has 2 aromatic rings. The topological polar surface area (TPSA) is 90.5 Å². The summed E-state index contributed by atoms with van der Waals surface area (Å²) in [5, 5.41) is 9.48. The van der Waals surface area contributed by atoms with E-state index in [0.29, 0.717) is 36.2 Å². The lowest BCUT2D eigenvalue weighted by Gasteiger charge is -2.23. The highest BCUT2D eigenvalue weighted by molar-refractivity contribution is 6.31. The predicted molar refractivity (Wildman–Crippen MR) is 131 cm³/mol. The fraction of sp³-hybridized carbons (Fsp3) is 0.444. The third-order valence-electron chi connectivity index (χ3n) is 7.05. The standard InChI is InChI=1S/C27H29ClN2O4/c28-23-14-18(7-6-17(23)2-1-3-26(32)33)22(15-20-10-13-25(31)30(20)19-8-9-19)24-12-11-21(16-4-5-16)27(34)29-24/h6-7,11-12,14-16,19-20H,1-5,8-10,13H2,(H,29,34)(H,32,33)/b22-15+/t20-/m1/s1. The van der Waals surface area contributed by atoms with Crippen LogP contribution in [0.4, 0.5) is 0 Å². The van der Waals surface area contributed by atoms with Crippen LogP contribution in [0.5, 0.6) is 0 Å². The van der Waals surface area contributed by atoms with Gasteiger partial charge in [-0.05, 0) is 74.1 Å². The van der Waals surface area contributed by atoms with E-state index in [4.69, 9.17) is 16.7 Å². The van der Waals surface area contributed by atoms with Gasteiger partial charge in [-0.3, -0.25) is 14.4 Å². The molecule has 2 N–H and O–H groups in total. The molecule has 2 saturated carbocycles. The average molecular weight is 481 g/mol. The first-order chi connectivity index (χ1) is 16.4. The van der Waals surface area contributed by atoms with Crippen molar-refractivity contribution in [2.24, 2.45) is 0 Å². The number of carboxylic acids is 1. The van der Waals surface area contributed by atoms with Crippen LogP contribution in [0.2, 0.25) is 5.02 Å². The highest BCUT2D eigenvalue weighted by Gasteiger charge is 2.40. The third-order valence-corrected chi connectivity index (χ3v) is 7.40. The smallest absolute Gasteiger partial charge is 0.303 e. The number of nitrogens with zero attached hydrogens (tertiary/aromatic N) is 1. The number of halogens is 1. The molecule has 3 fully saturated rings. The summed E-state index contributed by atoms with van der Waals surface area (Å²) < 4.78 is 0. The second-order valence-electron chi connectivity index (χ2n) is 9.70. The average Bonchev–Trinajstić information content (AvgIpc) is 3.72. The van der Waals surface area contributed by atoms with Crippen molar-refractivity contribution in [1.82, 2.24) is 9.88 Å². The Labute approximate surface area is 203 Å². The van der Waals surface area contributed by atoms with E-state index in [-0.39, 0.29) is 23.9 Å². The molecule has 0 unspecified atom stereocenters. The lowest BCUT2D eigenvalue weighted by Crippen LogP contribution is -2.34. The minimum atomic E-state index is -0.817. The maximum atomic E-state index is 12.8. The van der Waals surface area contributed by atoms with Crippen LogP contribution < -0.4 is 5.56 Å². The van der Waals surface area contributed by atoms with E-state index in [1.54, 1.807) is 0 Å². The molecule has 6 nitrogen and oxygen atoms in total. The van der Waals surface area contributed by atoms with Gasteiger partial charge in [0.15, 0.2) is 0 Å². The Morgan fingerprint density at radius 3 is 2.56 bits per heavy atom. The Hall–Kier alpha value is -2.86. The summed E-state index contributed by atoms with van der Waals surface area (Å²) >= 11 is 6.60. The highest BCUT2D eigenvalue weighted by Crippen LogP contribution is 2.39. The van der Waals surface area contributed by atoms with Crippen LogP contribution >= 0.6 is 11.6 Å². The van der Waals surface area contributed by atoms with Crippen LogP contribution in [-0.4, -0.2) is 39.0 Å². The number of carbonyl (C=O) groups is 2. The van der Waals surface area contributed by atoms with Crippen molar-refractivity contribution >= 4 is 29.1 Å². The van der Waals surface area contributed by atoms with Crippen molar-refractivity contribution in [3.63, 3.8) is 0 Å². The van der Waals surface area contributed by atoms with Gasteiger partial charge >= 0.3 is 5.97 Å². The fourth-order valence-electron chi connectivity index (χ4n) is 4.95. The largest absolute Gasteiger partial charge is 0.481 e. The molecule has 0 radical (unpaired) electrons. The zero-order chi connectivity index (χ0) is 23.8. The molecule has 0 spiro atoms. The Morgan fingerprint density at radius 2 is 1.91 bits per heavy atom. The number of hydrogen-bond acceptors (Lipinski definition) is 3. The van der Waals surface area contributed by atoms with Gasteiger partial charge < -0.3 is 15.0 Å². The monoisotopic (exact) mass is 480 g/mol. The number of nitrogens with one attached hydrogen (secondary N) is 1. The molecule has 1 aromatic carbocycles. The van der Waals surface area contributed by atoms with E-state index >= 15 is 0 Å². The highest BCUT2D eigenvalue weighted by atomic mass is 35.5. The molecule has 178 valence electrons. The summed E-state index contributed by atoms with van der Waals surface area (Å²) in [6.07, 6.45) is 8.86. The van der Waals surface area contributed by atoms with Crippen molar-refractivity contribution in [3.05, 3.63) is 74.2 Å². The maximum Gasteiger partial charge on any atom is 0.303 e. The van der Waals surface area contributed by atoms with Gasteiger partial charge in [-0.2, -0.15) is 0 Å². The molecule has 7 heteroatoms. The number of carboxylic acid groups (broad SMARTS) is 1. The lowest BCUT2D eigenvalue weighted by molar-refractivity contribution is -0.137. The van der Waals surface area contributed by atoms with E-state index in [2.05, 4.69) is 11.1 Å². The first-order valence-corrected chi connectivity index (χ1v) is 12.6. The quantitative estimate of drug-likeness (QED) is 0.534. The van der Waals surface area contributed by atoms with Crippen LogP contribution in [0.15, 0.2) is 41.2 Å². The van der Waals surface area contributed by atoms with Crippen molar-refractivity contribution in [3.8, 4) is 0 Å². The van der Waals surface area contributed by atoms with Crippen LogP contribution in [0.1, 0.15) is 79.7 Å². The number of likely N-dealkylation sites (tertiary alicyclic amines) is 1. The minimum absolute atomic E-state index is 0.00405. The van der Waals surface area contributed by atoms with Crippen molar-refractivity contribution in [2.75, 3.05) is 0 Å². The number of pyridine rings is 1. The Morgan fingerprint density at radius 1 is 1.12 bits per heavy atom. The molecular weight excluding hydrogens is 452 g/mol. The molecular formula is C27H29ClN2O4. The summed E-state index contributed by atoms with van der Waals surface area (Å²) in [4.78, 5) is 41.3. The molecule has 34 heavy (non-hydrogen) atoms. The van der Waals surface area contributed by atoms with E-state index in [1.807, 2.05) is 35.2 Å². The van der Waals surface area contributed by atoms with Gasteiger partial charge in [-0.25, -0.2) is 0 Å². The molecule has 5 rings (SSSR count). The van der Waals surface area contributed by atoms with Gasteiger partial charge in [0.1, 0.15) is 0 Å². The van der Waals surface area contributed by atoms with Crippen LogP contribution in [0.25, 0.3) is 5.57 Å². The van der Waals surface area contributed by atoms with Gasteiger partial charge in [0, 0.05) is 40.7 Å². The van der Waals surface area contributed by atoms with Crippen molar-refractivity contribution in [2.45, 2.75) is 75.8 Å². The molecule has 2 aliphatic carbocycles. The first kappa shape index (κ1) is 22.9. The van der Waals surface area contributed by atoms with E-state index in [0.717, 1.165) is 60.1 Å². The Bertz CT molecular complexity index is 1210. The number of amides is 1. The number of hydrogen-bond donors (Lipinski definition) is 2. The maximum absolute atomic E-state index is 12.8. The van der Waals surface area contributed by atoms with Crippen LogP contribution in [-0.2, 0) is 16.0 Å². The number of aromatic nitrogens is 1. The van der Waals surface area contributed by atoms with E-state index in [9.17, 15) is 14.4 Å². The fourth-order valence-corrected chi connectivity index (χ4v) is 5.23. The normalized spacial score (nSPS) is 20.7. The van der Waals surface area contributed by atoms with Crippen molar-refractivity contribution < 1.29 is 14.7 Å². The summed E-state index contributed by atoms with van der Waals surface area (Å²) in [5.41, 5.74) is 4.15. The number of carbonyl (C=O) groups excluding carboxylic acids is 1. The summed E-state index contributed by atoms with van der Waals surface area (Å²) in [6.45, 7) is 0. The first-order valence-electron chi connectivity index (χ1n) is 12.2. The molecule has 1 amide bonds. The minimum Gasteiger partial charge on any atom is -0.481 e. The van der Waals surface area contributed by atoms with Crippen LogP contribution in [0.3, 0.4) is 0 Å². The van der Waals surface area contributed by atoms with Gasteiger partial charge in [-0.15, -0.1) is 0 Å². The molecule has 1 aliphatic heterocycles. The van der Waals surface area contributed by atoms with Crippen molar-refractivity contribution in [1.29, 1.82) is 0 Å². The summed E-state index contributed by atoms with van der Waals surface area (Å²) in [5.74, 6) is -0.252. The number of benzene rings is 1. The van der Waals surface area contributed by atoms with E-state index in [1.165, 1.54) is 0 Å². The number of H-pyrrole nitrogens is 1. The SMILES string of the molecule is O=C(O)CCCc1ccc(/C(=C\[C@H]2CCC(=O)N2C2CC2)c2ccc(C3CC3)c(=O)[nH]2)cc1Cl. The second kappa shape index (κ2) is 9.41. The van der Waals surface area contributed by atoms with Gasteiger partial charge in [0.05, 0.1) is 6.04 Å². The summed E-state index contributed by atoms with van der Waals surface area (Å²) in [6, 6.07) is 10.0. The zero-order valence-corrected chi connectivity index (χ0v) is 19.8. The lowest BCUT2D eigenvalue weighted by atomic mass is 9.96. The molecule has 1 atom stereocenters. The van der Waals surface area contributed by atoms with E-state index < -0.39 is 5.97 Å². The molecule has 1 saturated heterocycles. The van der Waals surface area contributed by atoms with Crippen LogP contribution in [0, 0.1) is 0 Å². The van der Waals surface area contributed by atoms with Gasteiger partial charge in [-0.1, -0.05) is 35.9 Å². The predicted octanol–water partition coefficient (Wildman–Crippen LogP) is 4.90. The zero-order valence-electron chi connectivity index (χ0n) is 19.1. The molecule has 2 heterocycles. The molecule has 3 aliphatic rings. The van der Waals surface area contributed by atoms with Gasteiger partial charge in [0.25, 0.3) is 5.56 Å². The second-order valence-corrected chi connectivity index (χ2v) is 10.1. The number of aryl methyl sites for hydroxylation is 1. The summed E-state index contributed by atoms with van der Waals surface area (Å²) in [7, 11) is 0. The number of aliphatic carboxylic acids is 1. The third kappa shape index (κ3) is 4.97. The Kier molecular flexibility index (Phi) is 6.34. The number of aromatic amines is 1. The Balaban J connectivity index is 1.50.